The summed E-state index contributed by atoms with van der Waals surface area (Å²) in [4.78, 5) is 1.61. The maximum atomic E-state index is 2.34. The number of benzene rings is 2. The Morgan fingerprint density at radius 1 is 0.750 bits per heavy atom. The highest BCUT2D eigenvalue weighted by Crippen LogP contribution is 2.28. The summed E-state index contributed by atoms with van der Waals surface area (Å²) in [5.74, 6) is 2.82. The van der Waals surface area contributed by atoms with Crippen molar-refractivity contribution in [1.29, 1.82) is 0 Å². The first-order valence-corrected chi connectivity index (χ1v) is 7.67. The van der Waals surface area contributed by atoms with E-state index >= 15 is 0 Å². The van der Waals surface area contributed by atoms with Crippen LogP contribution in [-0.4, -0.2) is 11.5 Å². The maximum absolute atomic E-state index is 2.34. The van der Waals surface area contributed by atoms with E-state index < -0.39 is 0 Å². The molecule has 0 atom stereocenters. The number of rotatable bonds is 1. The van der Waals surface area contributed by atoms with Crippen LogP contribution in [0.1, 0.15) is 19.3 Å². The Kier molecular flexibility index (Phi) is 2.88. The first kappa shape index (κ1) is 10.2. The van der Waals surface area contributed by atoms with Gasteiger partial charge in [-0.1, -0.05) is 30.3 Å². The fraction of sp³-hybridized carbons (Fsp3) is 0.333. The minimum Gasteiger partial charge on any atom is -0.0616 e. The third kappa shape index (κ3) is 1.84. The van der Waals surface area contributed by atoms with Gasteiger partial charge in [-0.3, -0.25) is 0 Å². The summed E-state index contributed by atoms with van der Waals surface area (Å²) in [6.45, 7) is 0. The summed E-state index contributed by atoms with van der Waals surface area (Å²) in [5.41, 5.74) is 0. The molecule has 16 heavy (non-hydrogen) atoms. The molecule has 1 heteroatoms. The molecule has 0 unspecified atom stereocenters. The summed E-state index contributed by atoms with van der Waals surface area (Å²) in [7, 11) is 0.517. The molecule has 0 nitrogen and oxygen atoms in total. The van der Waals surface area contributed by atoms with Crippen molar-refractivity contribution in [2.24, 2.45) is 0 Å². The normalized spacial score (nSPS) is 17.8. The van der Waals surface area contributed by atoms with E-state index in [2.05, 4.69) is 42.5 Å². The van der Waals surface area contributed by atoms with Gasteiger partial charge in [-0.25, -0.2) is 0 Å². The zero-order chi connectivity index (χ0) is 10.8. The number of hydrogen-bond donors (Lipinski definition) is 0. The molecular formula is C15H17S+. The highest BCUT2D eigenvalue weighted by atomic mass is 32.2. The molecule has 1 aliphatic rings. The average molecular weight is 229 g/mol. The van der Waals surface area contributed by atoms with Gasteiger partial charge in [-0.2, -0.15) is 0 Å². The molecule has 1 fully saturated rings. The Balaban J connectivity index is 2.08. The van der Waals surface area contributed by atoms with Crippen LogP contribution in [0.15, 0.2) is 47.4 Å². The van der Waals surface area contributed by atoms with Gasteiger partial charge in [-0.05, 0) is 36.8 Å². The lowest BCUT2D eigenvalue weighted by Gasteiger charge is -2.14. The topological polar surface area (TPSA) is 0 Å². The highest BCUT2D eigenvalue weighted by Gasteiger charge is 2.26. The molecule has 0 radical (unpaired) electrons. The van der Waals surface area contributed by atoms with Crippen LogP contribution >= 0.6 is 0 Å². The molecule has 0 spiro atoms. The fourth-order valence-corrected chi connectivity index (χ4v) is 5.02. The van der Waals surface area contributed by atoms with Gasteiger partial charge in [0.2, 0.25) is 0 Å². The second-order valence-electron chi connectivity index (χ2n) is 4.44. The van der Waals surface area contributed by atoms with Gasteiger partial charge in [0.25, 0.3) is 0 Å². The Bertz CT molecular complexity index is 478. The molecule has 82 valence electrons. The first-order valence-electron chi connectivity index (χ1n) is 6.10. The van der Waals surface area contributed by atoms with E-state index in [4.69, 9.17) is 0 Å². The van der Waals surface area contributed by atoms with Crippen molar-refractivity contribution >= 4 is 21.7 Å². The van der Waals surface area contributed by atoms with Crippen LogP contribution in [0, 0.1) is 0 Å². The van der Waals surface area contributed by atoms with Crippen molar-refractivity contribution in [3.05, 3.63) is 42.5 Å². The predicted octanol–water partition coefficient (Wildman–Crippen LogP) is 4.00. The van der Waals surface area contributed by atoms with Crippen LogP contribution in [0.5, 0.6) is 0 Å². The predicted molar refractivity (Wildman–Crippen MR) is 73.2 cm³/mol. The van der Waals surface area contributed by atoms with Gasteiger partial charge >= 0.3 is 0 Å². The third-order valence-electron chi connectivity index (χ3n) is 3.34. The molecule has 0 amide bonds. The van der Waals surface area contributed by atoms with E-state index in [1.54, 1.807) is 4.90 Å². The smallest absolute Gasteiger partial charge is 0.0616 e. The van der Waals surface area contributed by atoms with Crippen LogP contribution in [0.2, 0.25) is 0 Å². The third-order valence-corrected chi connectivity index (χ3v) is 5.88. The van der Waals surface area contributed by atoms with Crippen LogP contribution in [0.4, 0.5) is 0 Å². The van der Waals surface area contributed by atoms with Gasteiger partial charge in [0.1, 0.15) is 11.5 Å². The number of fused-ring (bicyclic) bond motifs is 1. The molecule has 0 aromatic heterocycles. The molecule has 1 heterocycles. The van der Waals surface area contributed by atoms with Crippen LogP contribution in [-0.2, 0) is 10.9 Å². The Morgan fingerprint density at radius 3 is 2.38 bits per heavy atom. The van der Waals surface area contributed by atoms with Gasteiger partial charge in [-0.15, -0.1) is 0 Å². The fourth-order valence-electron chi connectivity index (χ4n) is 2.50. The van der Waals surface area contributed by atoms with Crippen molar-refractivity contribution in [3.63, 3.8) is 0 Å². The van der Waals surface area contributed by atoms with E-state index in [1.807, 2.05) is 0 Å². The van der Waals surface area contributed by atoms with Crippen molar-refractivity contribution in [3.8, 4) is 0 Å². The van der Waals surface area contributed by atoms with Crippen LogP contribution in [0.3, 0.4) is 0 Å². The second kappa shape index (κ2) is 4.50. The monoisotopic (exact) mass is 229 g/mol. The van der Waals surface area contributed by atoms with E-state index in [9.17, 15) is 0 Å². The summed E-state index contributed by atoms with van der Waals surface area (Å²) in [6.07, 6.45) is 4.28. The lowest BCUT2D eigenvalue weighted by molar-refractivity contribution is 0.756. The SMILES string of the molecule is c1ccc2c([S+]3CCCCC3)cccc2c1. The molecule has 1 aliphatic heterocycles. The molecule has 2 aromatic rings. The van der Waals surface area contributed by atoms with Crippen LogP contribution in [0.25, 0.3) is 10.8 Å². The molecule has 0 N–H and O–H groups in total. The zero-order valence-electron chi connectivity index (χ0n) is 9.49. The summed E-state index contributed by atoms with van der Waals surface area (Å²) >= 11 is 0. The van der Waals surface area contributed by atoms with Gasteiger partial charge in [0.15, 0.2) is 4.90 Å². The molecular weight excluding hydrogens is 212 g/mol. The van der Waals surface area contributed by atoms with Gasteiger partial charge in [0.05, 0.1) is 0 Å². The highest BCUT2D eigenvalue weighted by molar-refractivity contribution is 7.97. The minimum absolute atomic E-state index is 0.517. The molecule has 2 aromatic carbocycles. The van der Waals surface area contributed by atoms with E-state index in [1.165, 1.54) is 41.5 Å². The second-order valence-corrected chi connectivity index (χ2v) is 6.68. The van der Waals surface area contributed by atoms with Crippen LogP contribution < -0.4 is 0 Å². The molecule has 0 saturated carbocycles. The Labute approximate surface area is 100 Å². The molecule has 1 saturated heterocycles. The molecule has 0 bridgehead atoms. The van der Waals surface area contributed by atoms with E-state index in [0.29, 0.717) is 10.9 Å². The van der Waals surface area contributed by atoms with Gasteiger partial charge in [0, 0.05) is 16.3 Å². The summed E-state index contributed by atoms with van der Waals surface area (Å²) in [6, 6.07) is 15.6. The van der Waals surface area contributed by atoms with Crippen molar-refractivity contribution in [2.75, 3.05) is 11.5 Å². The standard InChI is InChI=1S/C15H17S/c1-4-11-16(12-5-1)15-10-6-8-13-7-2-3-9-14(13)15/h2-3,6-10H,1,4-5,11-12H2/q+1. The van der Waals surface area contributed by atoms with Crippen molar-refractivity contribution in [1.82, 2.24) is 0 Å². The van der Waals surface area contributed by atoms with E-state index in [0.717, 1.165) is 0 Å². The largest absolute Gasteiger partial charge is 0.162 e. The summed E-state index contributed by atoms with van der Waals surface area (Å²) < 4.78 is 0. The van der Waals surface area contributed by atoms with Crippen molar-refractivity contribution < 1.29 is 0 Å². The van der Waals surface area contributed by atoms with Crippen molar-refractivity contribution in [2.45, 2.75) is 24.2 Å². The molecule has 0 aliphatic carbocycles. The van der Waals surface area contributed by atoms with Gasteiger partial charge < -0.3 is 0 Å². The Morgan fingerprint density at radius 2 is 1.50 bits per heavy atom. The average Bonchev–Trinajstić information content (AvgIpc) is 2.39. The lowest BCUT2D eigenvalue weighted by Crippen LogP contribution is -2.17. The quantitative estimate of drug-likeness (QED) is 0.648. The zero-order valence-corrected chi connectivity index (χ0v) is 10.3. The number of hydrogen-bond acceptors (Lipinski definition) is 0. The lowest BCUT2D eigenvalue weighted by atomic mass is 10.1. The maximum Gasteiger partial charge on any atom is 0.162 e. The summed E-state index contributed by atoms with van der Waals surface area (Å²) in [5, 5.41) is 2.88. The minimum atomic E-state index is 0.517. The first-order chi connectivity index (χ1) is 7.95. The Hall–Kier alpha value is -0.950. The molecule has 3 rings (SSSR count). The van der Waals surface area contributed by atoms with E-state index in [-0.39, 0.29) is 0 Å².